The van der Waals surface area contributed by atoms with E-state index in [0.717, 1.165) is 16.7 Å². The molecule has 0 bridgehead atoms. The molecule has 0 aromatic heterocycles. The van der Waals surface area contributed by atoms with Crippen molar-refractivity contribution in [3.8, 4) is 0 Å². The summed E-state index contributed by atoms with van der Waals surface area (Å²) < 4.78 is 31.9. The predicted molar refractivity (Wildman–Crippen MR) is 112 cm³/mol. The number of aryl methyl sites for hydroxylation is 2. The van der Waals surface area contributed by atoms with Gasteiger partial charge >= 0.3 is 5.97 Å². The van der Waals surface area contributed by atoms with Crippen LogP contribution in [0.2, 0.25) is 0 Å². The van der Waals surface area contributed by atoms with Crippen molar-refractivity contribution in [3.63, 3.8) is 0 Å². The zero-order valence-electron chi connectivity index (χ0n) is 18.3. The smallest absolute Gasteiger partial charge is 0.339 e. The van der Waals surface area contributed by atoms with E-state index in [1.807, 2.05) is 38.1 Å². The molecule has 162 valence electrons. The van der Waals surface area contributed by atoms with Gasteiger partial charge in [0.15, 0.2) is 17.7 Å². The summed E-state index contributed by atoms with van der Waals surface area (Å²) in [6, 6.07) is 3.84. The van der Waals surface area contributed by atoms with Gasteiger partial charge in [0, 0.05) is 5.92 Å². The Bertz CT molecular complexity index is 914. The Hall–Kier alpha value is -2.31. The molecule has 0 aliphatic carbocycles. The topological polar surface area (TPSA) is 61.8 Å². The molecule has 0 unspecified atom stereocenters. The van der Waals surface area contributed by atoms with E-state index in [2.05, 4.69) is 0 Å². The number of hydrogen-bond donors (Lipinski definition) is 0. The largest absolute Gasteiger partial charge is 0.458 e. The van der Waals surface area contributed by atoms with Crippen LogP contribution < -0.4 is 0 Å². The molecule has 1 aromatic rings. The molecule has 0 radical (unpaired) electrons. The minimum Gasteiger partial charge on any atom is -0.458 e. The molecule has 0 spiro atoms. The predicted octanol–water partition coefficient (Wildman–Crippen LogP) is 4.84. The van der Waals surface area contributed by atoms with Gasteiger partial charge in [-0.15, -0.1) is 0 Å². The summed E-state index contributed by atoms with van der Waals surface area (Å²) in [6.45, 7) is 10.6. The molecule has 2 aliphatic rings. The van der Waals surface area contributed by atoms with Crippen molar-refractivity contribution in [1.29, 1.82) is 0 Å². The Labute approximate surface area is 176 Å². The second-order valence-corrected chi connectivity index (χ2v) is 8.63. The minimum atomic E-state index is -1.03. The fraction of sp³-hybridized carbons (Fsp3) is 0.500. The molecule has 1 fully saturated rings. The molecule has 5 nitrogen and oxygen atoms in total. The van der Waals surface area contributed by atoms with Gasteiger partial charge in [0.05, 0.1) is 11.7 Å². The standard InChI is InChI=1S/C24H29FO5/c1-13-10-15(3)20-17(11-13)8-7-9-19-22(30-24(5,6)29-19)21(26)18(25)12-14(2)16(4)28-23(20)27/h7-8,10-12,14,16,19,22H,9H2,1-6H3/b8-7+,18-12+/t14-,16+,19+,22+/m1/s1. The molecule has 2 heterocycles. The maximum Gasteiger partial charge on any atom is 0.339 e. The van der Waals surface area contributed by atoms with Gasteiger partial charge < -0.3 is 14.2 Å². The molecule has 3 rings (SSSR count). The molecule has 6 heteroatoms. The number of fused-ring (bicyclic) bond motifs is 2. The van der Waals surface area contributed by atoms with Crippen molar-refractivity contribution in [2.24, 2.45) is 5.92 Å². The van der Waals surface area contributed by atoms with Gasteiger partial charge in [-0.1, -0.05) is 36.8 Å². The van der Waals surface area contributed by atoms with E-state index in [9.17, 15) is 14.0 Å². The Kier molecular flexibility index (Phi) is 6.29. The number of carbonyl (C=O) groups excluding carboxylic acids is 2. The van der Waals surface area contributed by atoms with Gasteiger partial charge in [-0.3, -0.25) is 4.79 Å². The van der Waals surface area contributed by atoms with Gasteiger partial charge in [-0.05, 0) is 58.2 Å². The van der Waals surface area contributed by atoms with Gasteiger partial charge in [0.25, 0.3) is 0 Å². The van der Waals surface area contributed by atoms with Crippen molar-refractivity contribution in [1.82, 2.24) is 0 Å². The van der Waals surface area contributed by atoms with Crippen LogP contribution >= 0.6 is 0 Å². The highest BCUT2D eigenvalue weighted by Crippen LogP contribution is 2.33. The number of cyclic esters (lactones) is 1. The summed E-state index contributed by atoms with van der Waals surface area (Å²) in [5, 5.41) is 0. The summed E-state index contributed by atoms with van der Waals surface area (Å²) in [5.74, 6) is -3.62. The third-order valence-corrected chi connectivity index (χ3v) is 5.50. The lowest BCUT2D eigenvalue weighted by molar-refractivity contribution is -0.153. The van der Waals surface area contributed by atoms with Crippen molar-refractivity contribution in [3.05, 3.63) is 52.4 Å². The number of carbonyl (C=O) groups is 2. The van der Waals surface area contributed by atoms with Crippen LogP contribution in [0.3, 0.4) is 0 Å². The summed E-state index contributed by atoms with van der Waals surface area (Å²) in [7, 11) is 0. The van der Waals surface area contributed by atoms with Crippen LogP contribution in [0.15, 0.2) is 30.1 Å². The molecular weight excluding hydrogens is 387 g/mol. The Balaban J connectivity index is 2.07. The maximum absolute atomic E-state index is 14.7. The van der Waals surface area contributed by atoms with Crippen molar-refractivity contribution in [2.75, 3.05) is 0 Å². The second-order valence-electron chi connectivity index (χ2n) is 8.63. The number of benzene rings is 1. The van der Waals surface area contributed by atoms with Gasteiger partial charge in [-0.2, -0.15) is 0 Å². The molecule has 1 saturated heterocycles. The molecular formula is C24H29FO5. The highest BCUT2D eigenvalue weighted by molar-refractivity contribution is 5.98. The van der Waals surface area contributed by atoms with Crippen LogP contribution in [-0.2, 0) is 19.0 Å². The summed E-state index contributed by atoms with van der Waals surface area (Å²) in [5.41, 5.74) is 3.04. The lowest BCUT2D eigenvalue weighted by Gasteiger charge is -2.21. The average molecular weight is 416 g/mol. The zero-order valence-corrected chi connectivity index (χ0v) is 18.3. The zero-order chi connectivity index (χ0) is 22.2. The van der Waals surface area contributed by atoms with Gasteiger partial charge in [0.2, 0.25) is 5.78 Å². The molecule has 1 aromatic carbocycles. The van der Waals surface area contributed by atoms with Crippen LogP contribution in [0, 0.1) is 19.8 Å². The normalized spacial score (nSPS) is 32.3. The molecule has 0 amide bonds. The highest BCUT2D eigenvalue weighted by atomic mass is 19.1. The summed E-state index contributed by atoms with van der Waals surface area (Å²) in [4.78, 5) is 25.6. The average Bonchev–Trinajstić information content (AvgIpc) is 2.94. The maximum atomic E-state index is 14.7. The number of halogens is 1. The van der Waals surface area contributed by atoms with Crippen LogP contribution in [-0.4, -0.2) is 35.9 Å². The number of ether oxygens (including phenoxy) is 3. The van der Waals surface area contributed by atoms with Crippen molar-refractivity contribution < 1.29 is 28.2 Å². The lowest BCUT2D eigenvalue weighted by atomic mass is 9.96. The number of Topliss-reactive ketones (excluding diaryl/α,β-unsaturated/α-hetero) is 1. The second kappa shape index (κ2) is 8.44. The van der Waals surface area contributed by atoms with Crippen molar-refractivity contribution >= 4 is 17.8 Å². The molecule has 0 N–H and O–H groups in total. The van der Waals surface area contributed by atoms with E-state index >= 15 is 0 Å². The first-order chi connectivity index (χ1) is 14.0. The first-order valence-corrected chi connectivity index (χ1v) is 10.2. The first kappa shape index (κ1) is 22.4. The van der Waals surface area contributed by atoms with Crippen molar-refractivity contribution in [2.45, 2.75) is 72.1 Å². The van der Waals surface area contributed by atoms with Crippen LogP contribution in [0.5, 0.6) is 0 Å². The van der Waals surface area contributed by atoms with Crippen LogP contribution in [0.25, 0.3) is 6.08 Å². The summed E-state index contributed by atoms with van der Waals surface area (Å²) >= 11 is 0. The number of esters is 1. The highest BCUT2D eigenvalue weighted by Gasteiger charge is 2.45. The Morgan fingerprint density at radius 1 is 1.10 bits per heavy atom. The van der Waals surface area contributed by atoms with Crippen LogP contribution in [0.1, 0.15) is 61.2 Å². The fourth-order valence-corrected chi connectivity index (χ4v) is 3.89. The lowest BCUT2D eigenvalue weighted by Crippen LogP contribution is -2.32. The van der Waals surface area contributed by atoms with E-state index in [1.54, 1.807) is 27.7 Å². The molecule has 30 heavy (non-hydrogen) atoms. The minimum absolute atomic E-state index is 0.334. The molecule has 4 atom stereocenters. The third kappa shape index (κ3) is 4.71. The SMILES string of the molecule is Cc1cc(C)c2c(c1)/C=C/C[C@@H]1OC(C)(C)O[C@@H]1C(=O)/C(F)=C\[C@@H](C)[C@H](C)OC2=O. The van der Waals surface area contributed by atoms with E-state index < -0.39 is 47.6 Å². The first-order valence-electron chi connectivity index (χ1n) is 10.2. The fourth-order valence-electron chi connectivity index (χ4n) is 3.89. The molecule has 2 aliphatic heterocycles. The quantitative estimate of drug-likeness (QED) is 0.566. The van der Waals surface area contributed by atoms with E-state index in [-0.39, 0.29) is 0 Å². The van der Waals surface area contributed by atoms with E-state index in [1.165, 1.54) is 6.08 Å². The monoisotopic (exact) mass is 416 g/mol. The Morgan fingerprint density at radius 3 is 2.50 bits per heavy atom. The van der Waals surface area contributed by atoms with Gasteiger partial charge in [0.1, 0.15) is 6.10 Å². The Morgan fingerprint density at radius 2 is 1.80 bits per heavy atom. The summed E-state index contributed by atoms with van der Waals surface area (Å²) in [6.07, 6.45) is 2.88. The third-order valence-electron chi connectivity index (χ3n) is 5.50. The molecule has 0 saturated carbocycles. The van der Waals surface area contributed by atoms with Gasteiger partial charge in [-0.25, -0.2) is 9.18 Å². The van der Waals surface area contributed by atoms with Crippen LogP contribution in [0.4, 0.5) is 4.39 Å². The van der Waals surface area contributed by atoms with E-state index in [4.69, 9.17) is 14.2 Å². The number of rotatable bonds is 0. The van der Waals surface area contributed by atoms with E-state index in [0.29, 0.717) is 12.0 Å². The number of hydrogen-bond acceptors (Lipinski definition) is 5. The number of ketones is 1.